The quantitative estimate of drug-likeness (QED) is 0.871. The molecule has 2 nitrogen and oxygen atoms in total. The van der Waals surface area contributed by atoms with Gasteiger partial charge in [0.25, 0.3) is 0 Å². The lowest BCUT2D eigenvalue weighted by Crippen LogP contribution is -2.22. The molecule has 0 aliphatic rings. The summed E-state index contributed by atoms with van der Waals surface area (Å²) in [6.07, 6.45) is -0.941. The normalized spacial score (nSPS) is 12.4. The topological polar surface area (TPSA) is 32.3 Å². The number of hydrogen-bond acceptors (Lipinski definition) is 2. The monoisotopic (exact) mass is 341 g/mol. The Balaban J connectivity index is 1.93. The molecule has 2 rings (SSSR count). The first kappa shape index (κ1) is 15.1. The van der Waals surface area contributed by atoms with Crippen LogP contribution in [0, 0.1) is 11.6 Å². The Hall–Kier alpha value is -1.30. The molecule has 106 valence electrons. The fourth-order valence-electron chi connectivity index (χ4n) is 1.88. The molecule has 0 spiro atoms. The summed E-state index contributed by atoms with van der Waals surface area (Å²) in [5, 5.41) is 12.9. The maximum Gasteiger partial charge on any atom is 0.129 e. The van der Waals surface area contributed by atoms with Crippen molar-refractivity contribution in [3.63, 3.8) is 0 Å². The summed E-state index contributed by atoms with van der Waals surface area (Å²) in [4.78, 5) is 0. The second kappa shape index (κ2) is 6.92. The van der Waals surface area contributed by atoms with Crippen molar-refractivity contribution in [3.05, 3.63) is 69.7 Å². The van der Waals surface area contributed by atoms with Gasteiger partial charge in [-0.05, 0) is 29.8 Å². The highest BCUT2D eigenvalue weighted by molar-refractivity contribution is 9.10. The van der Waals surface area contributed by atoms with E-state index in [1.54, 1.807) is 24.3 Å². The third kappa shape index (κ3) is 3.85. The maximum atomic E-state index is 13.5. The predicted octanol–water partition coefficient (Wildman–Crippen LogP) is 3.55. The molecule has 2 aromatic rings. The summed E-state index contributed by atoms with van der Waals surface area (Å²) in [5.41, 5.74) is 0.990. The van der Waals surface area contributed by atoms with E-state index < -0.39 is 11.9 Å². The van der Waals surface area contributed by atoms with Gasteiger partial charge >= 0.3 is 0 Å². The van der Waals surface area contributed by atoms with Gasteiger partial charge in [0.15, 0.2) is 0 Å². The van der Waals surface area contributed by atoms with E-state index in [9.17, 15) is 13.9 Å². The van der Waals surface area contributed by atoms with Crippen LogP contribution in [0.3, 0.4) is 0 Å². The molecule has 0 aliphatic heterocycles. The third-order valence-electron chi connectivity index (χ3n) is 2.93. The molecule has 0 bridgehead atoms. The number of hydrogen-bond donors (Lipinski definition) is 2. The smallest absolute Gasteiger partial charge is 0.129 e. The van der Waals surface area contributed by atoms with Crippen molar-refractivity contribution in [1.29, 1.82) is 0 Å². The van der Waals surface area contributed by atoms with E-state index in [-0.39, 0.29) is 17.9 Å². The largest absolute Gasteiger partial charge is 0.387 e. The van der Waals surface area contributed by atoms with Crippen molar-refractivity contribution in [3.8, 4) is 0 Å². The maximum absolute atomic E-state index is 13.5. The number of aliphatic hydroxyl groups is 1. The number of nitrogens with one attached hydrogen (secondary N) is 1. The van der Waals surface area contributed by atoms with Crippen LogP contribution in [-0.4, -0.2) is 11.7 Å². The van der Waals surface area contributed by atoms with Gasteiger partial charge in [-0.25, -0.2) is 8.78 Å². The van der Waals surface area contributed by atoms with Gasteiger partial charge in [0.2, 0.25) is 0 Å². The van der Waals surface area contributed by atoms with E-state index in [1.165, 1.54) is 18.2 Å². The fraction of sp³-hybridized carbons (Fsp3) is 0.200. The van der Waals surface area contributed by atoms with Crippen LogP contribution < -0.4 is 5.32 Å². The van der Waals surface area contributed by atoms with Crippen LogP contribution in [0.2, 0.25) is 0 Å². The molecule has 2 aromatic carbocycles. The Morgan fingerprint density at radius 2 is 1.90 bits per heavy atom. The van der Waals surface area contributed by atoms with Gasteiger partial charge in [0.1, 0.15) is 11.6 Å². The zero-order valence-corrected chi connectivity index (χ0v) is 12.2. The second-order valence-electron chi connectivity index (χ2n) is 4.40. The average molecular weight is 342 g/mol. The molecule has 0 saturated carbocycles. The first-order valence-corrected chi connectivity index (χ1v) is 6.94. The van der Waals surface area contributed by atoms with Crippen molar-refractivity contribution in [2.24, 2.45) is 0 Å². The number of benzene rings is 2. The fourth-order valence-corrected chi connectivity index (χ4v) is 2.26. The summed E-state index contributed by atoms with van der Waals surface area (Å²) in [7, 11) is 0. The molecule has 0 radical (unpaired) electrons. The molecule has 0 aliphatic carbocycles. The van der Waals surface area contributed by atoms with Crippen LogP contribution >= 0.6 is 15.9 Å². The molecule has 20 heavy (non-hydrogen) atoms. The van der Waals surface area contributed by atoms with E-state index in [2.05, 4.69) is 21.2 Å². The Bertz CT molecular complexity index is 592. The van der Waals surface area contributed by atoms with E-state index in [0.717, 1.165) is 10.0 Å². The highest BCUT2D eigenvalue weighted by Gasteiger charge is 2.11. The van der Waals surface area contributed by atoms with Crippen LogP contribution in [0.25, 0.3) is 0 Å². The number of aliphatic hydroxyl groups excluding tert-OH is 1. The molecule has 5 heteroatoms. The van der Waals surface area contributed by atoms with Gasteiger partial charge in [-0.15, -0.1) is 0 Å². The molecule has 2 N–H and O–H groups in total. The van der Waals surface area contributed by atoms with Crippen molar-refractivity contribution in [2.75, 3.05) is 6.54 Å². The lowest BCUT2D eigenvalue weighted by molar-refractivity contribution is 0.169. The van der Waals surface area contributed by atoms with E-state index in [4.69, 9.17) is 0 Å². The van der Waals surface area contributed by atoms with Gasteiger partial charge in [0, 0.05) is 23.1 Å². The van der Waals surface area contributed by atoms with Crippen LogP contribution in [0.1, 0.15) is 17.2 Å². The molecular weight excluding hydrogens is 328 g/mol. The predicted molar refractivity (Wildman–Crippen MR) is 77.2 cm³/mol. The van der Waals surface area contributed by atoms with E-state index in [1.807, 2.05) is 0 Å². The molecule has 0 amide bonds. The Kier molecular flexibility index (Phi) is 5.23. The molecule has 0 heterocycles. The Morgan fingerprint density at radius 3 is 2.65 bits per heavy atom. The number of rotatable bonds is 5. The van der Waals surface area contributed by atoms with Gasteiger partial charge in [-0.1, -0.05) is 34.1 Å². The van der Waals surface area contributed by atoms with Crippen molar-refractivity contribution in [1.82, 2.24) is 5.32 Å². The van der Waals surface area contributed by atoms with E-state index >= 15 is 0 Å². The first-order valence-electron chi connectivity index (χ1n) is 6.15. The molecule has 0 fully saturated rings. The minimum Gasteiger partial charge on any atom is -0.387 e. The van der Waals surface area contributed by atoms with Crippen LogP contribution in [0.15, 0.2) is 46.9 Å². The molecular formula is C15H14BrF2NO. The first-order chi connectivity index (χ1) is 9.58. The van der Waals surface area contributed by atoms with Crippen LogP contribution in [0.4, 0.5) is 8.78 Å². The second-order valence-corrected chi connectivity index (χ2v) is 5.26. The summed E-state index contributed by atoms with van der Waals surface area (Å²) in [6, 6.07) is 10.5. The van der Waals surface area contributed by atoms with Gasteiger partial charge in [0.05, 0.1) is 6.10 Å². The Morgan fingerprint density at radius 1 is 1.15 bits per heavy atom. The standard InChI is InChI=1S/C15H14BrF2NO/c16-13-6-5-11(17)7-10(13)8-19-9-15(20)12-3-1-2-4-14(12)18/h1-7,15,19-20H,8-9H2. The molecule has 1 unspecified atom stereocenters. The SMILES string of the molecule is OC(CNCc1cc(F)ccc1Br)c1ccccc1F. The highest BCUT2D eigenvalue weighted by atomic mass is 79.9. The molecule has 0 saturated heterocycles. The van der Waals surface area contributed by atoms with Crippen LogP contribution in [-0.2, 0) is 6.54 Å². The Labute approximate surface area is 124 Å². The van der Waals surface area contributed by atoms with Crippen molar-refractivity contribution >= 4 is 15.9 Å². The zero-order valence-electron chi connectivity index (χ0n) is 10.6. The van der Waals surface area contributed by atoms with Crippen LogP contribution in [0.5, 0.6) is 0 Å². The summed E-state index contributed by atoms with van der Waals surface area (Å²) >= 11 is 3.33. The van der Waals surface area contributed by atoms with Gasteiger partial charge < -0.3 is 10.4 Å². The lowest BCUT2D eigenvalue weighted by atomic mass is 10.1. The van der Waals surface area contributed by atoms with Gasteiger partial charge in [-0.2, -0.15) is 0 Å². The summed E-state index contributed by atoms with van der Waals surface area (Å²) in [6.45, 7) is 0.563. The van der Waals surface area contributed by atoms with Crippen molar-refractivity contribution in [2.45, 2.75) is 12.6 Å². The molecule has 0 aromatic heterocycles. The van der Waals surface area contributed by atoms with Gasteiger partial charge in [-0.3, -0.25) is 0 Å². The minimum absolute atomic E-state index is 0.184. The minimum atomic E-state index is -0.941. The third-order valence-corrected chi connectivity index (χ3v) is 3.70. The zero-order chi connectivity index (χ0) is 14.5. The average Bonchev–Trinajstić information content (AvgIpc) is 2.43. The number of halogens is 3. The summed E-state index contributed by atoms with van der Waals surface area (Å²) < 4.78 is 27.3. The lowest BCUT2D eigenvalue weighted by Gasteiger charge is -2.13. The molecule has 1 atom stereocenters. The van der Waals surface area contributed by atoms with Crippen molar-refractivity contribution < 1.29 is 13.9 Å². The highest BCUT2D eigenvalue weighted by Crippen LogP contribution is 2.19. The summed E-state index contributed by atoms with van der Waals surface area (Å²) in [5.74, 6) is -0.756. The van der Waals surface area contributed by atoms with E-state index in [0.29, 0.717) is 6.54 Å².